The second-order valence-corrected chi connectivity index (χ2v) is 3.39. The first-order chi connectivity index (χ1) is 8.51. The molecule has 0 saturated heterocycles. The van der Waals surface area contributed by atoms with E-state index in [1.807, 2.05) is 6.79 Å². The van der Waals surface area contributed by atoms with Gasteiger partial charge in [0, 0.05) is 0 Å². The highest BCUT2D eigenvalue weighted by Gasteiger charge is 2.40. The Morgan fingerprint density at radius 3 is 1.21 bits per heavy atom. The Hall–Kier alpha value is -2.29. The van der Waals surface area contributed by atoms with Crippen LogP contribution in [0.4, 0.5) is 0 Å². The van der Waals surface area contributed by atoms with Gasteiger partial charge in [0.25, 0.3) is 0 Å². The quantitative estimate of drug-likeness (QED) is 0.502. The molecule has 0 saturated carbocycles. The third-order valence-corrected chi connectivity index (χ3v) is 1.29. The van der Waals surface area contributed by atoms with Crippen molar-refractivity contribution in [1.29, 1.82) is 0 Å². The number of rotatable bonds is 5. The molecule has 0 amide bonds. The van der Waals surface area contributed by atoms with E-state index < -0.39 is 36.4 Å². The third-order valence-electron chi connectivity index (χ3n) is 1.29. The minimum Gasteiger partial charge on any atom is -0.481 e. The van der Waals surface area contributed by atoms with E-state index in [1.165, 1.54) is 13.8 Å². The van der Waals surface area contributed by atoms with Crippen LogP contribution in [0.2, 0.25) is 0 Å². The topological polar surface area (TPSA) is 166 Å². The van der Waals surface area contributed by atoms with Crippen molar-refractivity contribution in [2.45, 2.75) is 32.3 Å². The number of carboxylic acids is 3. The molecule has 0 aromatic rings. The van der Waals surface area contributed by atoms with Gasteiger partial charge in [0.1, 0.15) is 12.6 Å². The lowest BCUT2D eigenvalue weighted by atomic mass is 9.96. The Kier molecular flexibility index (Phi) is 12.5. The molecule has 110 valence electrons. The van der Waals surface area contributed by atoms with Gasteiger partial charge >= 0.3 is 17.9 Å². The Labute approximate surface area is 108 Å². The van der Waals surface area contributed by atoms with Crippen LogP contribution in [-0.4, -0.2) is 56.5 Å². The molecular weight excluding hydrogens is 264 g/mol. The lowest BCUT2D eigenvalue weighted by Gasteiger charge is -2.18. The average Bonchev–Trinajstić information content (AvgIpc) is 2.16. The molecule has 19 heavy (non-hydrogen) atoms. The molecule has 0 unspecified atom stereocenters. The highest BCUT2D eigenvalue weighted by Crippen LogP contribution is 2.15. The van der Waals surface area contributed by atoms with E-state index in [9.17, 15) is 19.2 Å². The molecule has 0 aliphatic heterocycles. The number of aliphatic hydroxyl groups is 1. The van der Waals surface area contributed by atoms with E-state index in [1.54, 1.807) is 0 Å². The highest BCUT2D eigenvalue weighted by molar-refractivity contribution is 5.88. The first-order valence-electron chi connectivity index (χ1n) is 4.66. The van der Waals surface area contributed by atoms with Gasteiger partial charge in [-0.3, -0.25) is 9.59 Å². The summed E-state index contributed by atoms with van der Waals surface area (Å²) in [4.78, 5) is 47.9. The number of carboxylic acid groups (broad SMARTS) is 3. The zero-order chi connectivity index (χ0) is 16.2. The summed E-state index contributed by atoms with van der Waals surface area (Å²) in [5.74, 6) is -4.85. The SMILES string of the molecule is C=O.CC(C)=O.O=C(O)CC(O)(CC(=O)O)C(=O)O. The number of Topliss-reactive ketones (excluding diaryl/α,β-unsaturated/α-hetero) is 1. The lowest BCUT2D eigenvalue weighted by Crippen LogP contribution is -2.42. The zero-order valence-corrected chi connectivity index (χ0v) is 10.5. The molecule has 0 bridgehead atoms. The van der Waals surface area contributed by atoms with E-state index >= 15 is 0 Å². The Bertz CT molecular complexity index is 314. The first-order valence-corrected chi connectivity index (χ1v) is 4.66. The summed E-state index contributed by atoms with van der Waals surface area (Å²) < 4.78 is 0. The summed E-state index contributed by atoms with van der Waals surface area (Å²) in [6, 6.07) is 0. The van der Waals surface area contributed by atoms with E-state index in [0.29, 0.717) is 0 Å². The molecule has 0 aromatic heterocycles. The lowest BCUT2D eigenvalue weighted by molar-refractivity contribution is -0.170. The summed E-state index contributed by atoms with van der Waals surface area (Å²) in [6.45, 7) is 5.06. The van der Waals surface area contributed by atoms with Gasteiger partial charge in [0.2, 0.25) is 0 Å². The van der Waals surface area contributed by atoms with Crippen molar-refractivity contribution in [1.82, 2.24) is 0 Å². The van der Waals surface area contributed by atoms with Crippen LogP contribution in [0.25, 0.3) is 0 Å². The maximum Gasteiger partial charge on any atom is 0.336 e. The van der Waals surface area contributed by atoms with Gasteiger partial charge in [-0.05, 0) is 13.8 Å². The maximum atomic E-state index is 10.3. The van der Waals surface area contributed by atoms with Crippen LogP contribution in [0, 0.1) is 0 Å². The van der Waals surface area contributed by atoms with Gasteiger partial charge in [-0.25, -0.2) is 4.79 Å². The molecule has 4 N–H and O–H groups in total. The van der Waals surface area contributed by atoms with E-state index in [-0.39, 0.29) is 5.78 Å². The van der Waals surface area contributed by atoms with E-state index in [4.69, 9.17) is 25.2 Å². The molecule has 0 aliphatic rings. The normalized spacial score (nSPS) is 9.00. The Balaban J connectivity index is -0.000000361. The zero-order valence-electron chi connectivity index (χ0n) is 10.5. The summed E-state index contributed by atoms with van der Waals surface area (Å²) in [5, 5.41) is 33.8. The second kappa shape index (κ2) is 10.8. The molecule has 0 atom stereocenters. The van der Waals surface area contributed by atoms with Crippen LogP contribution in [0.1, 0.15) is 26.7 Å². The van der Waals surface area contributed by atoms with Crippen molar-refractivity contribution in [2.24, 2.45) is 0 Å². The van der Waals surface area contributed by atoms with Crippen molar-refractivity contribution < 1.29 is 44.4 Å². The molecule has 0 rings (SSSR count). The first kappa shape index (κ1) is 21.9. The van der Waals surface area contributed by atoms with Gasteiger partial charge < -0.3 is 30.0 Å². The predicted octanol–water partition coefficient (Wildman–Crippen LogP) is -0.838. The van der Waals surface area contributed by atoms with Gasteiger partial charge in [0.15, 0.2) is 5.60 Å². The van der Waals surface area contributed by atoms with Crippen LogP contribution < -0.4 is 0 Å². The monoisotopic (exact) mass is 280 g/mol. The fraction of sp³-hybridized carbons (Fsp3) is 0.500. The molecule has 0 radical (unpaired) electrons. The summed E-state index contributed by atoms with van der Waals surface area (Å²) >= 11 is 0. The minimum atomic E-state index is -2.74. The molecule has 0 heterocycles. The van der Waals surface area contributed by atoms with Crippen LogP contribution in [-0.2, 0) is 24.0 Å². The standard InChI is InChI=1S/C6H8O7.C3H6O.CH2O/c7-3(8)1-6(13,5(11)12)2-4(9)10;1-3(2)4;1-2/h13H,1-2H2,(H,7,8)(H,9,10)(H,11,12);1-2H3;1H2. The molecule has 0 spiro atoms. The Morgan fingerprint density at radius 1 is 0.895 bits per heavy atom. The third kappa shape index (κ3) is 15.7. The second-order valence-electron chi connectivity index (χ2n) is 3.39. The molecule has 9 heteroatoms. The highest BCUT2D eigenvalue weighted by atomic mass is 16.4. The van der Waals surface area contributed by atoms with Crippen molar-refractivity contribution in [3.63, 3.8) is 0 Å². The van der Waals surface area contributed by atoms with Crippen molar-refractivity contribution in [3.05, 3.63) is 0 Å². The number of ketones is 1. The van der Waals surface area contributed by atoms with Gasteiger partial charge in [-0.1, -0.05) is 0 Å². The number of carbonyl (C=O) groups excluding carboxylic acids is 2. The maximum absolute atomic E-state index is 10.3. The molecule has 0 aromatic carbocycles. The fourth-order valence-electron chi connectivity index (χ4n) is 0.714. The van der Waals surface area contributed by atoms with E-state index in [0.717, 1.165) is 0 Å². The van der Waals surface area contributed by atoms with Crippen molar-refractivity contribution in [3.8, 4) is 0 Å². The number of hydrogen-bond donors (Lipinski definition) is 4. The number of hydrogen-bond acceptors (Lipinski definition) is 6. The predicted molar refractivity (Wildman–Crippen MR) is 60.6 cm³/mol. The number of carbonyl (C=O) groups is 5. The molecule has 0 fully saturated rings. The summed E-state index contributed by atoms with van der Waals surface area (Å²) in [7, 11) is 0. The summed E-state index contributed by atoms with van der Waals surface area (Å²) in [6.07, 6.45) is -2.29. The average molecular weight is 280 g/mol. The van der Waals surface area contributed by atoms with Gasteiger partial charge in [-0.15, -0.1) is 0 Å². The molecule has 9 nitrogen and oxygen atoms in total. The van der Waals surface area contributed by atoms with E-state index in [2.05, 4.69) is 0 Å². The van der Waals surface area contributed by atoms with Crippen LogP contribution in [0.15, 0.2) is 0 Å². The van der Waals surface area contributed by atoms with Crippen molar-refractivity contribution in [2.75, 3.05) is 0 Å². The molecule has 0 aliphatic carbocycles. The van der Waals surface area contributed by atoms with Crippen molar-refractivity contribution >= 4 is 30.5 Å². The van der Waals surface area contributed by atoms with Gasteiger partial charge in [0.05, 0.1) is 12.8 Å². The molecular formula is C10H16O9. The van der Waals surface area contributed by atoms with Crippen LogP contribution >= 0.6 is 0 Å². The van der Waals surface area contributed by atoms with Crippen LogP contribution in [0.3, 0.4) is 0 Å². The smallest absolute Gasteiger partial charge is 0.336 e. The Morgan fingerprint density at radius 2 is 1.11 bits per heavy atom. The summed E-state index contributed by atoms with van der Waals surface area (Å²) in [5.41, 5.74) is -2.74. The van der Waals surface area contributed by atoms with Crippen LogP contribution in [0.5, 0.6) is 0 Å². The largest absolute Gasteiger partial charge is 0.481 e. The fourth-order valence-corrected chi connectivity index (χ4v) is 0.714. The van der Waals surface area contributed by atoms with Gasteiger partial charge in [-0.2, -0.15) is 0 Å². The minimum absolute atomic E-state index is 0.167. The number of aliphatic carboxylic acids is 3.